The van der Waals surface area contributed by atoms with Gasteiger partial charge in [-0.2, -0.15) is 0 Å². The van der Waals surface area contributed by atoms with E-state index in [4.69, 9.17) is 23.2 Å². The number of aromatic nitrogens is 1. The number of fused-ring (bicyclic) bond motifs is 1. The lowest BCUT2D eigenvalue weighted by Crippen LogP contribution is -2.26. The molecule has 22 heavy (non-hydrogen) atoms. The number of carbonyl (C=O) groups excluding carboxylic acids is 1. The number of carbonyl (C=O) groups is 1. The normalized spacial score (nSPS) is 20.3. The Labute approximate surface area is 141 Å². The molecule has 0 bridgehead atoms. The molecule has 1 saturated carbocycles. The van der Waals surface area contributed by atoms with Crippen LogP contribution in [0.25, 0.3) is 10.2 Å². The van der Waals surface area contributed by atoms with Crippen LogP contribution in [0.15, 0.2) is 36.4 Å². The Bertz CT molecular complexity index is 856. The number of thiophene rings is 1. The van der Waals surface area contributed by atoms with Gasteiger partial charge < -0.3 is 10.3 Å². The highest BCUT2D eigenvalue weighted by atomic mass is 35.5. The molecule has 3 nitrogen and oxygen atoms in total. The molecule has 2 heterocycles. The summed E-state index contributed by atoms with van der Waals surface area (Å²) < 4.78 is 1.44. The van der Waals surface area contributed by atoms with Gasteiger partial charge in [0.2, 0.25) is 0 Å². The third-order valence-corrected chi connectivity index (χ3v) is 5.88. The lowest BCUT2D eigenvalue weighted by atomic mass is 10.1. The lowest BCUT2D eigenvalue weighted by Gasteiger charge is -2.03. The predicted molar refractivity (Wildman–Crippen MR) is 91.2 cm³/mol. The topological polar surface area (TPSA) is 44.9 Å². The highest BCUT2D eigenvalue weighted by Crippen LogP contribution is 2.41. The molecule has 0 aliphatic heterocycles. The van der Waals surface area contributed by atoms with Gasteiger partial charge in [0, 0.05) is 12.0 Å². The van der Waals surface area contributed by atoms with Gasteiger partial charge in [-0.05, 0) is 18.1 Å². The van der Waals surface area contributed by atoms with Gasteiger partial charge in [0.05, 0.1) is 15.2 Å². The van der Waals surface area contributed by atoms with Crippen LogP contribution in [-0.4, -0.2) is 16.9 Å². The first-order chi connectivity index (χ1) is 10.6. The second-order valence-electron chi connectivity index (χ2n) is 5.44. The zero-order chi connectivity index (χ0) is 15.3. The van der Waals surface area contributed by atoms with Crippen LogP contribution in [0.5, 0.6) is 0 Å². The molecule has 1 amide bonds. The largest absolute Gasteiger partial charge is 0.349 e. The number of halogens is 2. The van der Waals surface area contributed by atoms with Crippen molar-refractivity contribution in [3.63, 3.8) is 0 Å². The highest BCUT2D eigenvalue weighted by molar-refractivity contribution is 7.23. The minimum atomic E-state index is -0.0981. The van der Waals surface area contributed by atoms with Gasteiger partial charge in [0.1, 0.15) is 10.0 Å². The van der Waals surface area contributed by atoms with E-state index in [1.807, 2.05) is 18.2 Å². The van der Waals surface area contributed by atoms with Crippen molar-refractivity contribution in [1.29, 1.82) is 0 Å². The molecular weight excluding hydrogens is 339 g/mol. The Balaban J connectivity index is 1.48. The Kier molecular flexibility index (Phi) is 3.40. The number of hydrogen-bond donors (Lipinski definition) is 2. The molecular formula is C16H12Cl2N2OS. The van der Waals surface area contributed by atoms with Crippen molar-refractivity contribution in [2.24, 2.45) is 0 Å². The lowest BCUT2D eigenvalue weighted by molar-refractivity contribution is 0.0946. The van der Waals surface area contributed by atoms with E-state index >= 15 is 0 Å². The summed E-state index contributed by atoms with van der Waals surface area (Å²) in [4.78, 5) is 15.4. The Morgan fingerprint density at radius 3 is 2.77 bits per heavy atom. The molecule has 1 aromatic carbocycles. The van der Waals surface area contributed by atoms with Gasteiger partial charge in [-0.3, -0.25) is 4.79 Å². The molecule has 0 radical (unpaired) electrons. The molecule has 2 unspecified atom stereocenters. The van der Waals surface area contributed by atoms with E-state index in [2.05, 4.69) is 22.4 Å². The quantitative estimate of drug-likeness (QED) is 0.698. The molecule has 6 heteroatoms. The van der Waals surface area contributed by atoms with Crippen molar-refractivity contribution in [3.05, 3.63) is 57.0 Å². The number of nitrogens with one attached hydrogen (secondary N) is 2. The first-order valence-corrected chi connectivity index (χ1v) is 8.53. The van der Waals surface area contributed by atoms with E-state index in [0.29, 0.717) is 21.0 Å². The summed E-state index contributed by atoms with van der Waals surface area (Å²) in [5.74, 6) is 0.318. The fourth-order valence-electron chi connectivity index (χ4n) is 2.71. The van der Waals surface area contributed by atoms with Crippen LogP contribution in [0.4, 0.5) is 0 Å². The van der Waals surface area contributed by atoms with Crippen LogP contribution < -0.4 is 5.32 Å². The molecule has 112 valence electrons. The average molecular weight is 351 g/mol. The SMILES string of the molecule is O=C(NC1CC1c1ccccc1)c1cc2sc(Cl)c(Cl)c2[nH]1. The summed E-state index contributed by atoms with van der Waals surface area (Å²) in [5, 5.41) is 3.54. The Morgan fingerprint density at radius 1 is 1.27 bits per heavy atom. The Hall–Kier alpha value is -1.49. The van der Waals surface area contributed by atoms with Crippen LogP contribution in [0.2, 0.25) is 9.36 Å². The van der Waals surface area contributed by atoms with Gasteiger partial charge in [-0.25, -0.2) is 0 Å². The van der Waals surface area contributed by atoms with Gasteiger partial charge in [0.15, 0.2) is 0 Å². The molecule has 0 spiro atoms. The number of H-pyrrole nitrogens is 1. The van der Waals surface area contributed by atoms with Crippen LogP contribution in [-0.2, 0) is 0 Å². The van der Waals surface area contributed by atoms with Gasteiger partial charge in [-0.1, -0.05) is 53.5 Å². The van der Waals surface area contributed by atoms with Crippen LogP contribution in [0.3, 0.4) is 0 Å². The second-order valence-corrected chi connectivity index (χ2v) is 7.48. The highest BCUT2D eigenvalue weighted by Gasteiger charge is 2.39. The van der Waals surface area contributed by atoms with E-state index in [9.17, 15) is 4.79 Å². The maximum Gasteiger partial charge on any atom is 0.267 e. The number of amides is 1. The summed E-state index contributed by atoms with van der Waals surface area (Å²) in [6, 6.07) is 12.3. The van der Waals surface area contributed by atoms with Gasteiger partial charge in [-0.15, -0.1) is 11.3 Å². The van der Waals surface area contributed by atoms with Crippen LogP contribution in [0, 0.1) is 0 Å². The molecule has 1 fully saturated rings. The molecule has 0 saturated heterocycles. The third kappa shape index (κ3) is 2.41. The van der Waals surface area contributed by atoms with E-state index in [1.54, 1.807) is 6.07 Å². The fraction of sp³-hybridized carbons (Fsp3) is 0.188. The number of aromatic amines is 1. The van der Waals surface area contributed by atoms with E-state index in [-0.39, 0.29) is 11.9 Å². The maximum absolute atomic E-state index is 12.3. The van der Waals surface area contributed by atoms with Crippen LogP contribution >= 0.6 is 34.5 Å². The predicted octanol–water partition coefficient (Wildman–Crippen LogP) is 4.82. The minimum absolute atomic E-state index is 0.0981. The molecule has 4 rings (SSSR count). The van der Waals surface area contributed by atoms with Crippen molar-refractivity contribution in [1.82, 2.24) is 10.3 Å². The van der Waals surface area contributed by atoms with Crippen LogP contribution in [0.1, 0.15) is 28.4 Å². The van der Waals surface area contributed by atoms with E-state index < -0.39 is 0 Å². The van der Waals surface area contributed by atoms with Crippen molar-refractivity contribution >= 4 is 50.7 Å². The molecule has 2 aromatic heterocycles. The molecule has 1 aliphatic carbocycles. The van der Waals surface area contributed by atoms with E-state index in [1.165, 1.54) is 16.9 Å². The molecule has 1 aliphatic rings. The number of hydrogen-bond acceptors (Lipinski definition) is 2. The monoisotopic (exact) mass is 350 g/mol. The standard InChI is InChI=1S/C16H12Cl2N2OS/c17-13-14-12(22-15(13)18)7-11(19-14)16(21)20-10-6-9(10)8-4-2-1-3-5-8/h1-5,7,9-10,19H,6H2,(H,20,21). The summed E-state index contributed by atoms with van der Waals surface area (Å²) in [7, 11) is 0. The average Bonchev–Trinajstić information content (AvgIpc) is 3.08. The third-order valence-electron chi connectivity index (χ3n) is 3.95. The summed E-state index contributed by atoms with van der Waals surface area (Å²) >= 11 is 13.4. The first kappa shape index (κ1) is 14.1. The van der Waals surface area contributed by atoms with Crippen molar-refractivity contribution < 1.29 is 4.79 Å². The molecule has 3 aromatic rings. The van der Waals surface area contributed by atoms with Crippen molar-refractivity contribution in [2.75, 3.05) is 0 Å². The zero-order valence-electron chi connectivity index (χ0n) is 11.4. The fourth-order valence-corrected chi connectivity index (χ4v) is 4.19. The van der Waals surface area contributed by atoms with Gasteiger partial charge in [0.25, 0.3) is 5.91 Å². The summed E-state index contributed by atoms with van der Waals surface area (Å²) in [6.07, 6.45) is 0.984. The first-order valence-electron chi connectivity index (χ1n) is 6.96. The van der Waals surface area contributed by atoms with Crippen molar-refractivity contribution in [3.8, 4) is 0 Å². The zero-order valence-corrected chi connectivity index (χ0v) is 13.7. The summed E-state index contributed by atoms with van der Waals surface area (Å²) in [6.45, 7) is 0. The van der Waals surface area contributed by atoms with Crippen molar-refractivity contribution in [2.45, 2.75) is 18.4 Å². The summed E-state index contributed by atoms with van der Waals surface area (Å²) in [5.41, 5.74) is 2.53. The smallest absolute Gasteiger partial charge is 0.267 e. The maximum atomic E-state index is 12.3. The minimum Gasteiger partial charge on any atom is -0.349 e. The second kappa shape index (κ2) is 5.30. The Morgan fingerprint density at radius 2 is 2.05 bits per heavy atom. The van der Waals surface area contributed by atoms with Gasteiger partial charge >= 0.3 is 0 Å². The van der Waals surface area contributed by atoms with E-state index in [0.717, 1.165) is 16.6 Å². The number of benzene rings is 1. The molecule has 2 atom stereocenters. The number of rotatable bonds is 3. The molecule has 2 N–H and O–H groups in total.